The summed E-state index contributed by atoms with van der Waals surface area (Å²) in [6.45, 7) is 2.27. The number of nitrogens with one attached hydrogen (secondary N) is 1. The topological polar surface area (TPSA) is 69.3 Å². The zero-order valence-electron chi connectivity index (χ0n) is 14.1. The van der Waals surface area contributed by atoms with Crippen molar-refractivity contribution in [2.24, 2.45) is 0 Å². The Balaban J connectivity index is 1.46. The minimum Gasteiger partial charge on any atom is -0.338 e. The van der Waals surface area contributed by atoms with E-state index in [4.69, 9.17) is 0 Å². The van der Waals surface area contributed by atoms with E-state index in [2.05, 4.69) is 10.2 Å². The molecule has 0 saturated carbocycles. The summed E-state index contributed by atoms with van der Waals surface area (Å²) >= 11 is 0. The van der Waals surface area contributed by atoms with Gasteiger partial charge in [-0.05, 0) is 49.6 Å². The molecule has 0 spiro atoms. The van der Waals surface area contributed by atoms with Crippen LogP contribution >= 0.6 is 0 Å². The molecule has 1 atom stereocenters. The number of carbonyl (C=O) groups is 2. The van der Waals surface area contributed by atoms with Crippen LogP contribution in [-0.2, 0) is 4.79 Å². The van der Waals surface area contributed by atoms with Gasteiger partial charge in [0.25, 0.3) is 5.91 Å². The first-order valence-electron chi connectivity index (χ1n) is 8.91. The van der Waals surface area contributed by atoms with Crippen LogP contribution in [0.3, 0.4) is 0 Å². The molecule has 1 aromatic heterocycles. The normalized spacial score (nSPS) is 21.0. The van der Waals surface area contributed by atoms with Crippen molar-refractivity contribution in [3.63, 3.8) is 0 Å². The summed E-state index contributed by atoms with van der Waals surface area (Å²) in [5, 5.41) is 7.04. The number of hydrogen-bond acceptors (Lipinski definition) is 3. The van der Waals surface area contributed by atoms with Gasteiger partial charge in [-0.1, -0.05) is 0 Å². The van der Waals surface area contributed by atoms with Gasteiger partial charge in [-0.3, -0.25) is 14.7 Å². The van der Waals surface area contributed by atoms with Crippen molar-refractivity contribution >= 4 is 17.5 Å². The second kappa shape index (κ2) is 6.70. The highest BCUT2D eigenvalue weighted by atomic mass is 16.2. The van der Waals surface area contributed by atoms with Gasteiger partial charge in [0.1, 0.15) is 0 Å². The molecule has 2 amide bonds. The monoisotopic (exact) mass is 338 g/mol. The van der Waals surface area contributed by atoms with Crippen molar-refractivity contribution < 1.29 is 9.59 Å². The third-order valence-corrected chi connectivity index (χ3v) is 5.17. The molecule has 0 unspecified atom stereocenters. The molecule has 6 heteroatoms. The van der Waals surface area contributed by atoms with E-state index in [-0.39, 0.29) is 11.8 Å². The summed E-state index contributed by atoms with van der Waals surface area (Å²) in [6.07, 6.45) is 5.35. The minimum atomic E-state index is 0.0588. The summed E-state index contributed by atoms with van der Waals surface area (Å²) in [4.78, 5) is 28.4. The highest BCUT2D eigenvalue weighted by Gasteiger charge is 2.27. The summed E-state index contributed by atoms with van der Waals surface area (Å²) in [5.41, 5.74) is 2.66. The average molecular weight is 338 g/mol. The van der Waals surface area contributed by atoms with Crippen molar-refractivity contribution in [1.82, 2.24) is 15.1 Å². The molecule has 1 N–H and O–H groups in total. The fraction of sp³-hybridized carbons (Fsp3) is 0.421. The average Bonchev–Trinajstić information content (AvgIpc) is 3.33. The second-order valence-corrected chi connectivity index (χ2v) is 6.80. The van der Waals surface area contributed by atoms with Crippen LogP contribution in [0.4, 0.5) is 5.69 Å². The Morgan fingerprint density at radius 1 is 1.12 bits per heavy atom. The van der Waals surface area contributed by atoms with Crippen LogP contribution in [-0.4, -0.2) is 46.5 Å². The Kier molecular flexibility index (Phi) is 4.26. The molecular weight excluding hydrogens is 316 g/mol. The van der Waals surface area contributed by atoms with Crippen molar-refractivity contribution in [3.8, 4) is 0 Å². The lowest BCUT2D eigenvalue weighted by molar-refractivity contribution is -0.117. The van der Waals surface area contributed by atoms with Gasteiger partial charge >= 0.3 is 0 Å². The van der Waals surface area contributed by atoms with E-state index in [1.807, 2.05) is 35.2 Å². The maximum absolute atomic E-state index is 12.8. The van der Waals surface area contributed by atoms with Crippen LogP contribution in [0.1, 0.15) is 47.7 Å². The van der Waals surface area contributed by atoms with Gasteiger partial charge < -0.3 is 9.80 Å². The molecule has 3 heterocycles. The molecule has 2 aliphatic rings. The van der Waals surface area contributed by atoms with Gasteiger partial charge in [-0.2, -0.15) is 5.10 Å². The molecule has 1 aromatic carbocycles. The summed E-state index contributed by atoms with van der Waals surface area (Å²) in [6, 6.07) is 9.42. The van der Waals surface area contributed by atoms with Gasteiger partial charge in [-0.25, -0.2) is 0 Å². The molecular formula is C19H22N4O2. The van der Waals surface area contributed by atoms with E-state index < -0.39 is 0 Å². The van der Waals surface area contributed by atoms with Crippen LogP contribution < -0.4 is 4.90 Å². The molecule has 0 bridgehead atoms. The fourth-order valence-corrected chi connectivity index (χ4v) is 3.80. The van der Waals surface area contributed by atoms with Gasteiger partial charge in [0.2, 0.25) is 5.91 Å². The Hall–Kier alpha value is -2.63. The predicted molar refractivity (Wildman–Crippen MR) is 94.5 cm³/mol. The van der Waals surface area contributed by atoms with Gasteiger partial charge in [0, 0.05) is 55.1 Å². The first kappa shape index (κ1) is 15.9. The number of anilines is 1. The van der Waals surface area contributed by atoms with Gasteiger partial charge in [0.05, 0.1) is 0 Å². The van der Waals surface area contributed by atoms with Crippen molar-refractivity contribution in [1.29, 1.82) is 0 Å². The molecule has 2 fully saturated rings. The standard InChI is InChI=1S/C19H22N4O2/c24-18-4-2-12-23(18)16-7-5-14(6-8-16)19(25)22-11-1-3-15(13-22)17-9-10-20-21-17/h5-10,15H,1-4,11-13H2,(H,20,21)/t15-/m1/s1. The molecule has 0 aliphatic carbocycles. The lowest BCUT2D eigenvalue weighted by Gasteiger charge is -2.32. The van der Waals surface area contributed by atoms with Crippen LogP contribution in [0.5, 0.6) is 0 Å². The third kappa shape index (κ3) is 3.16. The lowest BCUT2D eigenvalue weighted by Crippen LogP contribution is -2.39. The van der Waals surface area contributed by atoms with E-state index >= 15 is 0 Å². The van der Waals surface area contributed by atoms with Gasteiger partial charge in [0.15, 0.2) is 0 Å². The Bertz CT molecular complexity index is 754. The molecule has 0 radical (unpaired) electrons. The zero-order chi connectivity index (χ0) is 17.2. The van der Waals surface area contributed by atoms with E-state index in [1.165, 1.54) is 0 Å². The number of nitrogens with zero attached hydrogens (tertiary/aromatic N) is 3. The number of piperidine rings is 1. The highest BCUT2D eigenvalue weighted by Crippen LogP contribution is 2.27. The van der Waals surface area contributed by atoms with Crippen LogP contribution in [0.2, 0.25) is 0 Å². The van der Waals surface area contributed by atoms with E-state index in [9.17, 15) is 9.59 Å². The molecule has 2 aliphatic heterocycles. The Labute approximate surface area is 146 Å². The Morgan fingerprint density at radius 3 is 2.64 bits per heavy atom. The molecule has 2 aromatic rings. The quantitative estimate of drug-likeness (QED) is 0.935. The number of aromatic nitrogens is 2. The number of rotatable bonds is 3. The van der Waals surface area contributed by atoms with Gasteiger partial charge in [-0.15, -0.1) is 0 Å². The highest BCUT2D eigenvalue weighted by molar-refractivity contribution is 5.97. The lowest BCUT2D eigenvalue weighted by atomic mass is 9.94. The molecule has 4 rings (SSSR count). The van der Waals surface area contributed by atoms with Crippen molar-refractivity contribution in [3.05, 3.63) is 47.8 Å². The molecule has 25 heavy (non-hydrogen) atoms. The number of amides is 2. The predicted octanol–water partition coefficient (Wildman–Crippen LogP) is 2.56. The van der Waals surface area contributed by atoms with E-state index in [1.54, 1.807) is 11.1 Å². The summed E-state index contributed by atoms with van der Waals surface area (Å²) in [5.74, 6) is 0.544. The number of likely N-dealkylation sites (tertiary alicyclic amines) is 1. The number of H-pyrrole nitrogens is 1. The van der Waals surface area contributed by atoms with E-state index in [0.29, 0.717) is 24.4 Å². The smallest absolute Gasteiger partial charge is 0.253 e. The van der Waals surface area contributed by atoms with Crippen LogP contribution in [0.15, 0.2) is 36.5 Å². The molecule has 2 saturated heterocycles. The number of benzene rings is 1. The van der Waals surface area contributed by atoms with Crippen molar-refractivity contribution in [2.45, 2.75) is 31.6 Å². The number of aromatic amines is 1. The second-order valence-electron chi connectivity index (χ2n) is 6.80. The largest absolute Gasteiger partial charge is 0.338 e. The fourth-order valence-electron chi connectivity index (χ4n) is 3.80. The summed E-state index contributed by atoms with van der Waals surface area (Å²) in [7, 11) is 0. The first-order valence-corrected chi connectivity index (χ1v) is 8.91. The number of hydrogen-bond donors (Lipinski definition) is 1. The van der Waals surface area contributed by atoms with Crippen LogP contribution in [0.25, 0.3) is 0 Å². The number of carbonyl (C=O) groups excluding carboxylic acids is 2. The first-order chi connectivity index (χ1) is 12.2. The maximum atomic E-state index is 12.8. The maximum Gasteiger partial charge on any atom is 0.253 e. The SMILES string of the molecule is O=C(c1ccc(N2CCCC2=O)cc1)N1CCC[C@@H](c2ccn[nH]2)C1. The molecule has 130 valence electrons. The minimum absolute atomic E-state index is 0.0588. The van der Waals surface area contributed by atoms with Crippen LogP contribution in [0, 0.1) is 0 Å². The van der Waals surface area contributed by atoms with E-state index in [0.717, 1.165) is 43.7 Å². The third-order valence-electron chi connectivity index (χ3n) is 5.17. The van der Waals surface area contributed by atoms with Crippen molar-refractivity contribution in [2.75, 3.05) is 24.5 Å². The Morgan fingerprint density at radius 2 is 1.96 bits per heavy atom. The zero-order valence-corrected chi connectivity index (χ0v) is 14.1. The summed E-state index contributed by atoms with van der Waals surface area (Å²) < 4.78 is 0. The molecule has 6 nitrogen and oxygen atoms in total.